The van der Waals surface area contributed by atoms with Gasteiger partial charge in [-0.15, -0.1) is 0 Å². The van der Waals surface area contributed by atoms with Crippen LogP contribution in [0.2, 0.25) is 0 Å². The van der Waals surface area contributed by atoms with Gasteiger partial charge in [0, 0.05) is 19.1 Å². The summed E-state index contributed by atoms with van der Waals surface area (Å²) in [5.41, 5.74) is 0. The molecular formula is C11H18N2O4. The van der Waals surface area contributed by atoms with Gasteiger partial charge in [-0.25, -0.2) is 4.79 Å². The average Bonchev–Trinajstić information content (AvgIpc) is 2.93. The number of ether oxygens (including phenoxy) is 1. The van der Waals surface area contributed by atoms with Gasteiger partial charge in [-0.05, 0) is 12.3 Å². The molecule has 1 aliphatic carbocycles. The molecule has 0 aromatic rings. The zero-order chi connectivity index (χ0) is 12.4. The number of hydrogen-bond donors (Lipinski definition) is 2. The van der Waals surface area contributed by atoms with E-state index < -0.39 is 5.97 Å². The molecule has 0 aromatic heterocycles. The Labute approximate surface area is 99.9 Å². The van der Waals surface area contributed by atoms with Crippen LogP contribution in [-0.4, -0.2) is 53.8 Å². The van der Waals surface area contributed by atoms with Crippen LogP contribution in [0.3, 0.4) is 0 Å². The van der Waals surface area contributed by atoms with Crippen molar-refractivity contribution in [2.75, 3.05) is 19.7 Å². The number of urea groups is 1. The summed E-state index contributed by atoms with van der Waals surface area (Å²) in [5.74, 6) is -0.331. The fraction of sp³-hybridized carbons (Fsp3) is 0.818. The predicted molar refractivity (Wildman–Crippen MR) is 59.7 cm³/mol. The maximum absolute atomic E-state index is 11.8. The number of nitrogens with zero attached hydrogens (tertiary/aromatic N) is 1. The third kappa shape index (κ3) is 3.33. The number of carboxylic acid groups (broad SMARTS) is 1. The standard InChI is InChI=1S/C11H18N2O4/c1-7-4-9(7)12-11(16)13-2-3-17-8(6-13)5-10(14)15/h7-9H,2-6H2,1H3,(H,12,16)(H,14,15). The summed E-state index contributed by atoms with van der Waals surface area (Å²) in [6, 6.07) is 0.196. The van der Waals surface area contributed by atoms with Crippen molar-refractivity contribution in [3.8, 4) is 0 Å². The van der Waals surface area contributed by atoms with Crippen LogP contribution >= 0.6 is 0 Å². The van der Waals surface area contributed by atoms with Crippen molar-refractivity contribution in [1.82, 2.24) is 10.2 Å². The number of rotatable bonds is 3. The fourth-order valence-corrected chi connectivity index (χ4v) is 2.00. The van der Waals surface area contributed by atoms with Crippen LogP contribution in [0.5, 0.6) is 0 Å². The number of morpholine rings is 1. The van der Waals surface area contributed by atoms with Gasteiger partial charge < -0.3 is 20.1 Å². The first kappa shape index (κ1) is 12.2. The molecule has 1 aliphatic heterocycles. The van der Waals surface area contributed by atoms with Gasteiger partial charge in [0.1, 0.15) is 0 Å². The van der Waals surface area contributed by atoms with Crippen LogP contribution in [0.4, 0.5) is 4.79 Å². The first-order valence-corrected chi connectivity index (χ1v) is 5.95. The van der Waals surface area contributed by atoms with Crippen LogP contribution in [0.1, 0.15) is 19.8 Å². The number of carbonyl (C=O) groups is 2. The summed E-state index contributed by atoms with van der Waals surface area (Å²) in [4.78, 5) is 24.1. The van der Waals surface area contributed by atoms with E-state index in [9.17, 15) is 9.59 Å². The Balaban J connectivity index is 1.79. The lowest BCUT2D eigenvalue weighted by Gasteiger charge is -2.32. The highest BCUT2D eigenvalue weighted by Gasteiger charge is 2.36. The molecule has 6 nitrogen and oxygen atoms in total. The highest BCUT2D eigenvalue weighted by molar-refractivity contribution is 5.75. The summed E-state index contributed by atoms with van der Waals surface area (Å²) < 4.78 is 5.31. The van der Waals surface area contributed by atoms with Crippen LogP contribution in [-0.2, 0) is 9.53 Å². The van der Waals surface area contributed by atoms with E-state index in [0.29, 0.717) is 31.7 Å². The van der Waals surface area contributed by atoms with Gasteiger partial charge in [-0.2, -0.15) is 0 Å². The Morgan fingerprint density at radius 1 is 1.53 bits per heavy atom. The molecule has 17 heavy (non-hydrogen) atoms. The van der Waals surface area contributed by atoms with Gasteiger partial charge >= 0.3 is 12.0 Å². The minimum Gasteiger partial charge on any atom is -0.481 e. The Bertz CT molecular complexity index is 321. The number of aliphatic carboxylic acids is 1. The first-order chi connectivity index (χ1) is 8.06. The van der Waals surface area contributed by atoms with Gasteiger partial charge in [0.05, 0.1) is 19.1 Å². The maximum Gasteiger partial charge on any atom is 0.317 e. The van der Waals surface area contributed by atoms with Gasteiger partial charge in [-0.3, -0.25) is 4.79 Å². The lowest BCUT2D eigenvalue weighted by molar-refractivity contribution is -0.141. The zero-order valence-electron chi connectivity index (χ0n) is 9.89. The molecule has 96 valence electrons. The Hall–Kier alpha value is -1.30. The molecule has 1 saturated carbocycles. The molecule has 0 aromatic carbocycles. The highest BCUT2D eigenvalue weighted by atomic mass is 16.5. The Kier molecular flexibility index (Phi) is 3.51. The largest absolute Gasteiger partial charge is 0.481 e. The number of carbonyl (C=O) groups excluding carboxylic acids is 1. The third-order valence-corrected chi connectivity index (χ3v) is 3.25. The number of amides is 2. The van der Waals surface area contributed by atoms with E-state index in [-0.39, 0.29) is 18.6 Å². The van der Waals surface area contributed by atoms with E-state index in [1.165, 1.54) is 0 Å². The topological polar surface area (TPSA) is 78.9 Å². The van der Waals surface area contributed by atoms with Gasteiger partial charge in [-0.1, -0.05) is 6.92 Å². The number of hydrogen-bond acceptors (Lipinski definition) is 3. The van der Waals surface area contributed by atoms with Crippen molar-refractivity contribution in [2.24, 2.45) is 5.92 Å². The second-order valence-electron chi connectivity index (χ2n) is 4.81. The van der Waals surface area contributed by atoms with Crippen LogP contribution < -0.4 is 5.32 Å². The van der Waals surface area contributed by atoms with E-state index in [0.717, 1.165) is 6.42 Å². The SMILES string of the molecule is CC1CC1NC(=O)N1CCOC(CC(=O)O)C1. The fourth-order valence-electron chi connectivity index (χ4n) is 2.00. The third-order valence-electron chi connectivity index (χ3n) is 3.25. The van der Waals surface area contributed by atoms with Gasteiger partial charge in [0.25, 0.3) is 0 Å². The summed E-state index contributed by atoms with van der Waals surface area (Å²) >= 11 is 0. The predicted octanol–water partition coefficient (Wildman–Crippen LogP) is 0.280. The van der Waals surface area contributed by atoms with Crippen LogP contribution in [0.25, 0.3) is 0 Å². The molecule has 1 heterocycles. The summed E-state index contributed by atoms with van der Waals surface area (Å²) in [7, 11) is 0. The molecule has 2 aliphatic rings. The number of nitrogens with one attached hydrogen (secondary N) is 1. The van der Waals surface area contributed by atoms with Crippen LogP contribution in [0.15, 0.2) is 0 Å². The second kappa shape index (κ2) is 4.91. The molecule has 2 amide bonds. The average molecular weight is 242 g/mol. The second-order valence-corrected chi connectivity index (χ2v) is 4.81. The molecule has 0 bridgehead atoms. The van der Waals surface area contributed by atoms with Crippen molar-refractivity contribution >= 4 is 12.0 Å². The molecule has 2 N–H and O–H groups in total. The summed E-state index contributed by atoms with van der Waals surface area (Å²) in [5, 5.41) is 11.6. The van der Waals surface area contributed by atoms with Crippen molar-refractivity contribution in [3.63, 3.8) is 0 Å². The normalized spacial score (nSPS) is 32.1. The van der Waals surface area contributed by atoms with Gasteiger partial charge in [0.2, 0.25) is 0 Å². The lowest BCUT2D eigenvalue weighted by Crippen LogP contribution is -2.50. The molecule has 2 fully saturated rings. The molecular weight excluding hydrogens is 224 g/mol. The minimum absolute atomic E-state index is 0.0520. The molecule has 2 rings (SSSR count). The smallest absolute Gasteiger partial charge is 0.317 e. The lowest BCUT2D eigenvalue weighted by atomic mass is 10.2. The quantitative estimate of drug-likeness (QED) is 0.745. The highest BCUT2D eigenvalue weighted by Crippen LogP contribution is 2.29. The summed E-state index contributed by atoms with van der Waals surface area (Å²) in [6.07, 6.45) is 0.599. The molecule has 6 heteroatoms. The van der Waals surface area contributed by atoms with E-state index >= 15 is 0 Å². The molecule has 3 atom stereocenters. The monoisotopic (exact) mass is 242 g/mol. The van der Waals surface area contributed by atoms with Crippen molar-refractivity contribution in [3.05, 3.63) is 0 Å². The Morgan fingerprint density at radius 2 is 2.24 bits per heavy atom. The molecule has 3 unspecified atom stereocenters. The van der Waals surface area contributed by atoms with Gasteiger partial charge in [0.15, 0.2) is 0 Å². The molecule has 1 saturated heterocycles. The maximum atomic E-state index is 11.8. The van der Waals surface area contributed by atoms with Crippen molar-refractivity contribution in [2.45, 2.75) is 31.9 Å². The minimum atomic E-state index is -0.895. The first-order valence-electron chi connectivity index (χ1n) is 5.95. The van der Waals surface area contributed by atoms with Crippen molar-refractivity contribution < 1.29 is 19.4 Å². The number of carboxylic acids is 1. The van der Waals surface area contributed by atoms with E-state index in [1.807, 2.05) is 0 Å². The zero-order valence-corrected chi connectivity index (χ0v) is 9.89. The van der Waals surface area contributed by atoms with E-state index in [1.54, 1.807) is 4.90 Å². The molecule has 0 radical (unpaired) electrons. The van der Waals surface area contributed by atoms with E-state index in [4.69, 9.17) is 9.84 Å². The summed E-state index contributed by atoms with van der Waals surface area (Å²) in [6.45, 7) is 3.39. The van der Waals surface area contributed by atoms with Crippen LogP contribution in [0, 0.1) is 5.92 Å². The van der Waals surface area contributed by atoms with E-state index in [2.05, 4.69) is 12.2 Å². The molecule has 0 spiro atoms. The Morgan fingerprint density at radius 3 is 2.82 bits per heavy atom. The van der Waals surface area contributed by atoms with Crippen molar-refractivity contribution in [1.29, 1.82) is 0 Å².